The number of halogens is 2. The summed E-state index contributed by atoms with van der Waals surface area (Å²) in [4.78, 5) is 3.84. The molecule has 18 heavy (non-hydrogen) atoms. The van der Waals surface area contributed by atoms with Crippen molar-refractivity contribution in [1.82, 2.24) is 19.6 Å². The van der Waals surface area contributed by atoms with Gasteiger partial charge in [0.1, 0.15) is 24.4 Å². The number of aromatic nitrogens is 4. The van der Waals surface area contributed by atoms with Crippen molar-refractivity contribution in [2.75, 3.05) is 12.3 Å². The first-order valence-corrected chi connectivity index (χ1v) is 5.48. The molecule has 8 heteroatoms. The van der Waals surface area contributed by atoms with Crippen LogP contribution in [0.2, 0.25) is 5.15 Å². The molecule has 96 valence electrons. The lowest BCUT2D eigenvalue weighted by Crippen LogP contribution is -2.03. The van der Waals surface area contributed by atoms with Crippen LogP contribution in [0.1, 0.15) is 13.8 Å². The van der Waals surface area contributed by atoms with Gasteiger partial charge in [-0.15, -0.1) is 5.10 Å². The SMILES string of the molecule is CC(C)=C(F)COc1nnc2c(N)c(Cl)ncn12. The van der Waals surface area contributed by atoms with Crippen molar-refractivity contribution in [2.45, 2.75) is 13.8 Å². The van der Waals surface area contributed by atoms with Gasteiger partial charge in [-0.05, 0) is 19.4 Å². The molecule has 0 amide bonds. The summed E-state index contributed by atoms with van der Waals surface area (Å²) >= 11 is 5.74. The Morgan fingerprint density at radius 1 is 1.50 bits per heavy atom. The van der Waals surface area contributed by atoms with Gasteiger partial charge < -0.3 is 10.5 Å². The lowest BCUT2D eigenvalue weighted by atomic mass is 10.3. The van der Waals surface area contributed by atoms with E-state index in [4.69, 9.17) is 22.1 Å². The molecule has 0 saturated heterocycles. The van der Waals surface area contributed by atoms with Crippen LogP contribution in [-0.2, 0) is 0 Å². The molecule has 2 aromatic rings. The molecule has 0 fully saturated rings. The Hall–Kier alpha value is -1.89. The fourth-order valence-electron chi connectivity index (χ4n) is 1.21. The first kappa shape index (κ1) is 12.6. The van der Waals surface area contributed by atoms with Crippen molar-refractivity contribution in [2.24, 2.45) is 0 Å². The average molecular weight is 272 g/mol. The summed E-state index contributed by atoms with van der Waals surface area (Å²) in [5, 5.41) is 7.69. The molecule has 6 nitrogen and oxygen atoms in total. The van der Waals surface area contributed by atoms with Gasteiger partial charge in [-0.2, -0.15) is 0 Å². The summed E-state index contributed by atoms with van der Waals surface area (Å²) in [6.45, 7) is 3.09. The van der Waals surface area contributed by atoms with Crippen LogP contribution in [-0.4, -0.2) is 26.2 Å². The first-order valence-electron chi connectivity index (χ1n) is 5.10. The number of nitrogen functional groups attached to an aromatic ring is 1. The highest BCUT2D eigenvalue weighted by molar-refractivity contribution is 6.32. The number of nitrogens with zero attached hydrogens (tertiary/aromatic N) is 4. The van der Waals surface area contributed by atoms with Gasteiger partial charge in [0.2, 0.25) is 0 Å². The molecular weight excluding hydrogens is 261 g/mol. The lowest BCUT2D eigenvalue weighted by Gasteiger charge is -2.04. The van der Waals surface area contributed by atoms with Crippen molar-refractivity contribution in [3.8, 4) is 6.01 Å². The zero-order valence-electron chi connectivity index (χ0n) is 9.81. The molecule has 0 spiro atoms. The molecule has 2 rings (SSSR count). The number of rotatable bonds is 3. The van der Waals surface area contributed by atoms with E-state index in [2.05, 4.69) is 15.2 Å². The third-order valence-electron chi connectivity index (χ3n) is 2.28. The van der Waals surface area contributed by atoms with Crippen LogP contribution in [0.3, 0.4) is 0 Å². The maximum atomic E-state index is 13.3. The molecule has 0 unspecified atom stereocenters. The van der Waals surface area contributed by atoms with Crippen molar-refractivity contribution >= 4 is 22.9 Å². The molecule has 0 aromatic carbocycles. The summed E-state index contributed by atoms with van der Waals surface area (Å²) in [7, 11) is 0. The van der Waals surface area contributed by atoms with Gasteiger partial charge in [0.05, 0.1) is 0 Å². The van der Waals surface area contributed by atoms with E-state index < -0.39 is 0 Å². The van der Waals surface area contributed by atoms with Crippen molar-refractivity contribution < 1.29 is 9.13 Å². The quantitative estimate of drug-likeness (QED) is 0.864. The van der Waals surface area contributed by atoms with Gasteiger partial charge in [-0.3, -0.25) is 0 Å². The lowest BCUT2D eigenvalue weighted by molar-refractivity contribution is 0.290. The summed E-state index contributed by atoms with van der Waals surface area (Å²) < 4.78 is 19.9. The molecule has 0 radical (unpaired) electrons. The Bertz CT molecular complexity index is 620. The minimum Gasteiger partial charge on any atom is -0.456 e. The maximum Gasteiger partial charge on any atom is 0.323 e. The standard InChI is InChI=1S/C10H11ClFN5O/c1-5(2)6(12)3-18-10-16-15-9-7(13)8(11)14-4-17(9)10/h4H,3,13H2,1-2H3. The highest BCUT2D eigenvalue weighted by Gasteiger charge is 2.12. The normalized spacial score (nSPS) is 10.7. The predicted molar refractivity (Wildman–Crippen MR) is 65.2 cm³/mol. The monoisotopic (exact) mass is 271 g/mol. The van der Waals surface area contributed by atoms with E-state index in [0.717, 1.165) is 0 Å². The van der Waals surface area contributed by atoms with Crippen LogP contribution in [0.5, 0.6) is 6.01 Å². The van der Waals surface area contributed by atoms with E-state index in [1.165, 1.54) is 10.7 Å². The van der Waals surface area contributed by atoms with E-state index in [9.17, 15) is 4.39 Å². The summed E-state index contributed by atoms with van der Waals surface area (Å²) in [5.41, 5.74) is 6.75. The topological polar surface area (TPSA) is 78.3 Å². The van der Waals surface area contributed by atoms with Gasteiger partial charge >= 0.3 is 6.01 Å². The van der Waals surface area contributed by atoms with Crippen LogP contribution in [0.25, 0.3) is 5.65 Å². The van der Waals surface area contributed by atoms with Gasteiger partial charge in [0.25, 0.3) is 0 Å². The predicted octanol–water partition coefficient (Wildman–Crippen LogP) is 2.00. The molecule has 0 aliphatic rings. The van der Waals surface area contributed by atoms with Crippen molar-refractivity contribution in [3.63, 3.8) is 0 Å². The highest BCUT2D eigenvalue weighted by Crippen LogP contribution is 2.22. The highest BCUT2D eigenvalue weighted by atomic mass is 35.5. The third kappa shape index (κ3) is 2.21. The van der Waals surface area contributed by atoms with Gasteiger partial charge in [0, 0.05) is 0 Å². The summed E-state index contributed by atoms with van der Waals surface area (Å²) in [6.07, 6.45) is 1.36. The number of hydrogen-bond donors (Lipinski definition) is 1. The largest absolute Gasteiger partial charge is 0.456 e. The van der Waals surface area contributed by atoms with Gasteiger partial charge in [0.15, 0.2) is 10.8 Å². The molecular formula is C10H11ClFN5O. The van der Waals surface area contributed by atoms with Crippen LogP contribution < -0.4 is 10.5 Å². The fraction of sp³-hybridized carbons (Fsp3) is 0.300. The third-order valence-corrected chi connectivity index (χ3v) is 2.59. The second-order valence-electron chi connectivity index (χ2n) is 3.82. The number of hydrogen-bond acceptors (Lipinski definition) is 5. The van der Waals surface area contributed by atoms with Crippen LogP contribution >= 0.6 is 11.6 Å². The zero-order valence-corrected chi connectivity index (χ0v) is 10.6. The molecule has 0 bridgehead atoms. The number of ether oxygens (including phenoxy) is 1. The van der Waals surface area contributed by atoms with Crippen molar-refractivity contribution in [3.05, 3.63) is 22.9 Å². The first-order chi connectivity index (χ1) is 8.50. The molecule has 2 N–H and O–H groups in total. The maximum absolute atomic E-state index is 13.3. The van der Waals surface area contributed by atoms with Crippen LogP contribution in [0.4, 0.5) is 10.1 Å². The van der Waals surface area contributed by atoms with E-state index >= 15 is 0 Å². The van der Waals surface area contributed by atoms with E-state index in [0.29, 0.717) is 11.2 Å². The van der Waals surface area contributed by atoms with Crippen LogP contribution in [0.15, 0.2) is 17.7 Å². The van der Waals surface area contributed by atoms with Gasteiger partial charge in [-0.1, -0.05) is 16.7 Å². The second kappa shape index (κ2) is 4.77. The zero-order chi connectivity index (χ0) is 13.3. The van der Waals surface area contributed by atoms with E-state index in [1.807, 2.05) is 0 Å². The Kier molecular flexibility index (Phi) is 3.33. The average Bonchev–Trinajstić information content (AvgIpc) is 2.74. The number of nitrogens with two attached hydrogens (primary N) is 1. The Morgan fingerprint density at radius 3 is 2.89 bits per heavy atom. The Balaban J connectivity index is 2.31. The summed E-state index contributed by atoms with van der Waals surface area (Å²) in [6, 6.07) is 0.109. The van der Waals surface area contributed by atoms with Crippen LogP contribution in [0, 0.1) is 0 Å². The molecule has 2 aromatic heterocycles. The minimum absolute atomic E-state index is 0.109. The number of fused-ring (bicyclic) bond motifs is 1. The molecule has 0 aliphatic heterocycles. The Morgan fingerprint density at radius 2 is 2.22 bits per heavy atom. The minimum atomic E-state index is -0.360. The second-order valence-corrected chi connectivity index (χ2v) is 4.18. The molecule has 0 atom stereocenters. The Labute approximate surface area is 107 Å². The molecule has 0 saturated carbocycles. The summed E-state index contributed by atoms with van der Waals surface area (Å²) in [5.74, 6) is -0.360. The fourth-order valence-corrected chi connectivity index (χ4v) is 1.33. The number of anilines is 1. The van der Waals surface area contributed by atoms with E-state index in [-0.39, 0.29) is 29.3 Å². The van der Waals surface area contributed by atoms with Crippen molar-refractivity contribution in [1.29, 1.82) is 0 Å². The molecule has 0 aliphatic carbocycles. The molecule has 2 heterocycles. The number of allylic oxidation sites excluding steroid dienone is 1. The smallest absolute Gasteiger partial charge is 0.323 e. The van der Waals surface area contributed by atoms with E-state index in [1.54, 1.807) is 13.8 Å². The van der Waals surface area contributed by atoms with Gasteiger partial charge in [-0.25, -0.2) is 13.8 Å².